The lowest BCUT2D eigenvalue weighted by molar-refractivity contribution is 0.0659. The van der Waals surface area contributed by atoms with Gasteiger partial charge < -0.3 is 4.90 Å². The first-order chi connectivity index (χ1) is 13.8. The number of aryl methyl sites for hydroxylation is 1. The van der Waals surface area contributed by atoms with Gasteiger partial charge in [0.2, 0.25) is 0 Å². The van der Waals surface area contributed by atoms with E-state index < -0.39 is 12.2 Å². The molecule has 1 saturated heterocycles. The molecule has 0 spiro atoms. The van der Waals surface area contributed by atoms with Crippen LogP contribution in [0.3, 0.4) is 0 Å². The number of piperidine rings is 1. The lowest BCUT2D eigenvalue weighted by Gasteiger charge is -2.37. The topological polar surface area (TPSA) is 76.3 Å². The zero-order valence-corrected chi connectivity index (χ0v) is 15.9. The summed E-state index contributed by atoms with van der Waals surface area (Å²) in [6.45, 7) is 4.32. The van der Waals surface area contributed by atoms with Gasteiger partial charge in [-0.05, 0) is 37.5 Å². The Balaban J connectivity index is 1.68. The first-order valence-corrected chi connectivity index (χ1v) is 9.26. The van der Waals surface area contributed by atoms with Gasteiger partial charge in [0.1, 0.15) is 23.5 Å². The van der Waals surface area contributed by atoms with E-state index in [1.54, 1.807) is 4.90 Å². The second kappa shape index (κ2) is 7.41. The second-order valence-corrected chi connectivity index (χ2v) is 7.27. The molecule has 1 amide bonds. The summed E-state index contributed by atoms with van der Waals surface area (Å²) < 4.78 is 41.6. The Hall–Kier alpha value is -3.04. The van der Waals surface area contributed by atoms with Crippen molar-refractivity contribution in [1.29, 1.82) is 0 Å². The van der Waals surface area contributed by atoms with Crippen molar-refractivity contribution in [3.05, 3.63) is 53.1 Å². The van der Waals surface area contributed by atoms with Crippen LogP contribution in [0.25, 0.3) is 5.78 Å². The fraction of sp³-hybridized carbons (Fsp3) is 0.421. The van der Waals surface area contributed by atoms with Crippen molar-refractivity contribution in [2.75, 3.05) is 13.1 Å². The number of carbonyl (C=O) groups is 1. The minimum atomic E-state index is -2.74. The molecule has 0 radical (unpaired) electrons. The summed E-state index contributed by atoms with van der Waals surface area (Å²) in [4.78, 5) is 26.4. The molecule has 0 aromatic carbocycles. The van der Waals surface area contributed by atoms with Gasteiger partial charge in [0, 0.05) is 19.0 Å². The summed E-state index contributed by atoms with van der Waals surface area (Å²) in [6, 6.07) is 3.91. The molecule has 2 atom stereocenters. The largest absolute Gasteiger partial charge is 0.337 e. The lowest BCUT2D eigenvalue weighted by Crippen LogP contribution is -2.43. The van der Waals surface area contributed by atoms with Gasteiger partial charge in [0.15, 0.2) is 0 Å². The van der Waals surface area contributed by atoms with E-state index >= 15 is 0 Å². The van der Waals surface area contributed by atoms with E-state index in [4.69, 9.17) is 0 Å². The van der Waals surface area contributed by atoms with Crippen LogP contribution >= 0.6 is 0 Å². The van der Waals surface area contributed by atoms with Gasteiger partial charge in [-0.3, -0.25) is 4.79 Å². The van der Waals surface area contributed by atoms with Gasteiger partial charge >= 0.3 is 0 Å². The molecule has 1 fully saturated rings. The second-order valence-electron chi connectivity index (χ2n) is 7.27. The number of amides is 1. The molecule has 0 saturated carbocycles. The molecule has 0 bridgehead atoms. The lowest BCUT2D eigenvalue weighted by atomic mass is 9.84. The normalized spacial score (nSPS) is 19.9. The highest BCUT2D eigenvalue weighted by Crippen LogP contribution is 2.34. The number of hydrogen-bond donors (Lipinski definition) is 0. The first-order valence-electron chi connectivity index (χ1n) is 9.26. The zero-order valence-electron chi connectivity index (χ0n) is 15.9. The van der Waals surface area contributed by atoms with Gasteiger partial charge in [-0.25, -0.2) is 27.7 Å². The molecule has 4 rings (SSSR count). The van der Waals surface area contributed by atoms with Crippen LogP contribution in [0.5, 0.6) is 0 Å². The van der Waals surface area contributed by atoms with Crippen LogP contribution in [0, 0.1) is 18.7 Å². The fourth-order valence-corrected chi connectivity index (χ4v) is 3.69. The number of likely N-dealkylation sites (tertiary alicyclic amines) is 1. The Morgan fingerprint density at radius 1 is 1.28 bits per heavy atom. The molecule has 152 valence electrons. The maximum Gasteiger partial charge on any atom is 0.280 e. The molecule has 0 aliphatic carbocycles. The summed E-state index contributed by atoms with van der Waals surface area (Å²) in [6.07, 6.45) is -0.791. The van der Waals surface area contributed by atoms with Crippen LogP contribution in [-0.2, 0) is 0 Å². The third-order valence-electron chi connectivity index (χ3n) is 5.39. The highest BCUT2D eigenvalue weighted by atomic mass is 19.3. The van der Waals surface area contributed by atoms with Crippen LogP contribution in [0.2, 0.25) is 0 Å². The molecular formula is C19H19F3N6O. The molecule has 7 nitrogen and oxygen atoms in total. The predicted molar refractivity (Wildman–Crippen MR) is 97.1 cm³/mol. The summed E-state index contributed by atoms with van der Waals surface area (Å²) >= 11 is 0. The highest BCUT2D eigenvalue weighted by molar-refractivity contribution is 5.92. The van der Waals surface area contributed by atoms with Crippen molar-refractivity contribution in [2.24, 2.45) is 5.92 Å². The van der Waals surface area contributed by atoms with Gasteiger partial charge in [-0.15, -0.1) is 0 Å². The molecule has 0 N–H and O–H groups in total. The van der Waals surface area contributed by atoms with Crippen molar-refractivity contribution in [1.82, 2.24) is 29.5 Å². The number of carbonyl (C=O) groups excluding carboxylic acids is 1. The molecule has 10 heteroatoms. The molecule has 3 aromatic rings. The van der Waals surface area contributed by atoms with Gasteiger partial charge in [0.25, 0.3) is 18.1 Å². The quantitative estimate of drug-likeness (QED) is 0.670. The third-order valence-corrected chi connectivity index (χ3v) is 5.39. The van der Waals surface area contributed by atoms with E-state index in [1.807, 2.05) is 6.92 Å². The van der Waals surface area contributed by atoms with Crippen LogP contribution < -0.4 is 0 Å². The first kappa shape index (κ1) is 19.3. The summed E-state index contributed by atoms with van der Waals surface area (Å²) in [5.74, 6) is -0.801. The molecule has 1 aliphatic heterocycles. The molecule has 0 unspecified atom stereocenters. The van der Waals surface area contributed by atoms with E-state index in [0.29, 0.717) is 25.2 Å². The Morgan fingerprint density at radius 3 is 2.79 bits per heavy atom. The van der Waals surface area contributed by atoms with Crippen LogP contribution in [-0.4, -0.2) is 48.5 Å². The minimum Gasteiger partial charge on any atom is -0.337 e. The zero-order chi connectivity index (χ0) is 20.7. The Labute approximate surface area is 164 Å². The Morgan fingerprint density at radius 2 is 2.07 bits per heavy atom. The van der Waals surface area contributed by atoms with Crippen molar-refractivity contribution in [3.63, 3.8) is 0 Å². The van der Waals surface area contributed by atoms with E-state index in [0.717, 1.165) is 0 Å². The van der Waals surface area contributed by atoms with Crippen molar-refractivity contribution >= 4 is 11.7 Å². The number of aromatic nitrogens is 5. The molecule has 3 aromatic heterocycles. The maximum atomic E-state index is 13.5. The number of nitrogens with zero attached hydrogens (tertiary/aromatic N) is 6. The fourth-order valence-electron chi connectivity index (χ4n) is 3.69. The van der Waals surface area contributed by atoms with Gasteiger partial charge in [-0.1, -0.05) is 6.92 Å². The smallest absolute Gasteiger partial charge is 0.280 e. The standard InChI is InChI=1S/C19H19F3N6O/c1-10-5-6-27(18(29)14-4-3-13(20)11(2)25-14)8-12(10)16-7-15(17(21)22)26-19-23-9-24-28(16)19/h3-4,7,9-10,12,17H,5-6,8H2,1-2H3/t10-,12-/m1/s1. The number of halogens is 3. The molecule has 1 aliphatic rings. The predicted octanol–water partition coefficient (Wildman–Crippen LogP) is 3.17. The Kier molecular flexibility index (Phi) is 4.93. The minimum absolute atomic E-state index is 0.101. The van der Waals surface area contributed by atoms with E-state index in [-0.39, 0.29) is 40.6 Å². The number of alkyl halides is 2. The average molecular weight is 404 g/mol. The van der Waals surface area contributed by atoms with E-state index in [1.165, 1.54) is 36.0 Å². The number of rotatable bonds is 3. The molecule has 29 heavy (non-hydrogen) atoms. The summed E-state index contributed by atoms with van der Waals surface area (Å²) in [5, 5.41) is 4.12. The van der Waals surface area contributed by atoms with Crippen LogP contribution in [0.4, 0.5) is 13.2 Å². The van der Waals surface area contributed by atoms with Crippen molar-refractivity contribution in [2.45, 2.75) is 32.6 Å². The summed E-state index contributed by atoms with van der Waals surface area (Å²) in [5.41, 5.74) is 0.479. The molecular weight excluding hydrogens is 385 g/mol. The van der Waals surface area contributed by atoms with E-state index in [2.05, 4.69) is 20.1 Å². The summed E-state index contributed by atoms with van der Waals surface area (Å²) in [7, 11) is 0. The average Bonchev–Trinajstić information content (AvgIpc) is 3.18. The van der Waals surface area contributed by atoms with Crippen LogP contribution in [0.1, 0.15) is 53.3 Å². The number of pyridine rings is 1. The third kappa shape index (κ3) is 3.54. The number of hydrogen-bond acceptors (Lipinski definition) is 5. The van der Waals surface area contributed by atoms with Crippen molar-refractivity contribution in [3.8, 4) is 0 Å². The van der Waals surface area contributed by atoms with Crippen LogP contribution in [0.15, 0.2) is 24.5 Å². The monoisotopic (exact) mass is 404 g/mol. The maximum absolute atomic E-state index is 13.5. The van der Waals surface area contributed by atoms with Crippen molar-refractivity contribution < 1.29 is 18.0 Å². The van der Waals surface area contributed by atoms with E-state index in [9.17, 15) is 18.0 Å². The highest BCUT2D eigenvalue weighted by Gasteiger charge is 2.33. The van der Waals surface area contributed by atoms with Gasteiger partial charge in [0.05, 0.1) is 11.4 Å². The Bertz CT molecular complexity index is 1070. The SMILES string of the molecule is Cc1nc(C(=O)N2CC[C@@H](C)[C@H](c3cc(C(F)F)nc4ncnn34)C2)ccc1F. The number of fused-ring (bicyclic) bond motifs is 1. The molecule has 4 heterocycles. The van der Waals surface area contributed by atoms with Gasteiger partial charge in [-0.2, -0.15) is 10.1 Å².